The quantitative estimate of drug-likeness (QED) is 0.220. The molecule has 0 radical (unpaired) electrons. The molecular weight excluding hydrogens is 621 g/mol. The maximum Gasteiger partial charge on any atom is 0.282 e. The lowest BCUT2D eigenvalue weighted by molar-refractivity contribution is -0.858. The summed E-state index contributed by atoms with van der Waals surface area (Å²) in [5.41, 5.74) is 2.21. The van der Waals surface area contributed by atoms with Crippen molar-refractivity contribution < 1.29 is 23.7 Å². The molecule has 0 aromatic heterocycles. The summed E-state index contributed by atoms with van der Waals surface area (Å²) in [7, 11) is 9.45. The van der Waals surface area contributed by atoms with Crippen molar-refractivity contribution in [3.05, 3.63) is 5.21 Å². The van der Waals surface area contributed by atoms with Crippen molar-refractivity contribution in [2.45, 2.75) is 89.9 Å². The van der Waals surface area contributed by atoms with Crippen LogP contribution in [0.15, 0.2) is 0 Å². The van der Waals surface area contributed by atoms with Gasteiger partial charge >= 0.3 is 0 Å². The van der Waals surface area contributed by atoms with Crippen molar-refractivity contribution in [1.29, 1.82) is 0 Å². The van der Waals surface area contributed by atoms with Crippen LogP contribution in [0.4, 0.5) is 4.79 Å². The number of quaternary nitrogens is 1. The summed E-state index contributed by atoms with van der Waals surface area (Å²) in [6, 6.07) is 0. The lowest BCUT2D eigenvalue weighted by Crippen LogP contribution is -2.37. The molecule has 11 nitrogen and oxygen atoms in total. The second kappa shape index (κ2) is 15.4. The molecule has 0 aliphatic carbocycles. The first-order valence-electron chi connectivity index (χ1n) is 15.0. The number of nitrogens with zero attached hydrogens (tertiary/aromatic N) is 5. The first kappa shape index (κ1) is 41.2. The van der Waals surface area contributed by atoms with Gasteiger partial charge in [0.1, 0.15) is 17.7 Å². The van der Waals surface area contributed by atoms with Crippen LogP contribution in [-0.4, -0.2) is 142 Å². The van der Waals surface area contributed by atoms with Gasteiger partial charge in [0.2, 0.25) is 5.91 Å². The minimum Gasteiger partial charge on any atom is -0.631 e. The van der Waals surface area contributed by atoms with Crippen LogP contribution in [0.25, 0.3) is 0 Å². The van der Waals surface area contributed by atoms with Crippen LogP contribution in [0.2, 0.25) is 0 Å². The first-order valence-corrected chi connectivity index (χ1v) is 17.2. The normalized spacial score (nSPS) is 29.2. The Morgan fingerprint density at radius 1 is 0.841 bits per heavy atom. The summed E-state index contributed by atoms with van der Waals surface area (Å²) in [6.07, 6.45) is 0. The lowest BCUT2D eigenvalue weighted by Gasteiger charge is -2.31. The predicted molar refractivity (Wildman–Crippen MR) is 188 cm³/mol. The molecule has 14 heteroatoms. The minimum atomic E-state index is -0.257. The number of amides is 2. The number of carbonyl (C=O) groups excluding carboxylic acids is 2. The van der Waals surface area contributed by atoms with E-state index in [0.29, 0.717) is 23.2 Å². The minimum absolute atomic E-state index is 0.0775. The fourth-order valence-electron chi connectivity index (χ4n) is 5.23. The van der Waals surface area contributed by atoms with Gasteiger partial charge in [0.25, 0.3) is 10.4 Å². The Hall–Kier alpha value is -0.870. The van der Waals surface area contributed by atoms with Crippen LogP contribution in [0.1, 0.15) is 69.2 Å². The van der Waals surface area contributed by atoms with Crippen LogP contribution < -0.4 is 5.43 Å². The van der Waals surface area contributed by atoms with Gasteiger partial charge in [-0.05, 0) is 88.5 Å². The van der Waals surface area contributed by atoms with Gasteiger partial charge in [0, 0.05) is 56.1 Å². The van der Waals surface area contributed by atoms with Crippen molar-refractivity contribution >= 4 is 52.1 Å². The molecule has 0 aromatic carbocycles. The Labute approximate surface area is 281 Å². The van der Waals surface area contributed by atoms with Gasteiger partial charge in [-0.3, -0.25) is 19.9 Å². The van der Waals surface area contributed by atoms with Crippen LogP contribution >= 0.6 is 35.7 Å². The number of hydrogen-bond donors (Lipinski definition) is 1. The summed E-state index contributed by atoms with van der Waals surface area (Å²) in [5.74, 6) is 1.32. The average molecular weight is 681 g/mol. The van der Waals surface area contributed by atoms with E-state index in [1.54, 1.807) is 11.9 Å². The molecule has 5 heterocycles. The number of carbonyl (C=O) groups is 2. The molecule has 1 N–H and O–H groups in total. The average Bonchev–Trinajstić information content (AvgIpc) is 3.48. The predicted octanol–water partition coefficient (Wildman–Crippen LogP) is 4.66. The van der Waals surface area contributed by atoms with E-state index in [9.17, 15) is 14.8 Å². The largest absolute Gasteiger partial charge is 0.631 e. The molecule has 0 aromatic rings. The van der Waals surface area contributed by atoms with Crippen LogP contribution in [-0.2, 0) is 14.3 Å². The second-order valence-corrected chi connectivity index (χ2v) is 19.3. The van der Waals surface area contributed by atoms with Crippen LogP contribution in [0.3, 0.4) is 0 Å². The van der Waals surface area contributed by atoms with Gasteiger partial charge in [-0.15, -0.1) is 11.8 Å². The molecule has 258 valence electrons. The summed E-state index contributed by atoms with van der Waals surface area (Å²) in [6.45, 7) is 25.2. The number of thioether (sulfide) groups is 2. The Balaban J connectivity index is 0.000000275. The van der Waals surface area contributed by atoms with Gasteiger partial charge in [-0.1, -0.05) is 11.8 Å². The fraction of sp³-hybridized carbons (Fsp3) is 0.900. The van der Waals surface area contributed by atoms with Crippen LogP contribution in [0, 0.1) is 10.6 Å². The maximum absolute atomic E-state index is 11.1. The Kier molecular flexibility index (Phi) is 14.4. The number of rotatable bonds is 0. The first-order chi connectivity index (χ1) is 19.6. The highest BCUT2D eigenvalue weighted by Crippen LogP contribution is 2.34. The van der Waals surface area contributed by atoms with E-state index in [4.69, 9.17) is 21.7 Å². The Morgan fingerprint density at radius 2 is 1.41 bits per heavy atom. The van der Waals surface area contributed by atoms with E-state index < -0.39 is 0 Å². The van der Waals surface area contributed by atoms with Gasteiger partial charge in [-0.25, -0.2) is 5.01 Å². The maximum atomic E-state index is 11.1. The highest BCUT2D eigenvalue weighted by Gasteiger charge is 2.37. The van der Waals surface area contributed by atoms with Gasteiger partial charge in [-0.2, -0.15) is 0 Å². The van der Waals surface area contributed by atoms with Crippen molar-refractivity contribution in [1.82, 2.24) is 25.1 Å². The Morgan fingerprint density at radius 3 is 1.52 bits per heavy atom. The summed E-state index contributed by atoms with van der Waals surface area (Å²) < 4.78 is 10.9. The van der Waals surface area contributed by atoms with E-state index in [1.165, 1.54) is 24.2 Å². The number of ether oxygens (including phenoxy) is 2. The van der Waals surface area contributed by atoms with Crippen molar-refractivity contribution in [3.8, 4) is 0 Å². The molecule has 0 bridgehead atoms. The third kappa shape index (κ3) is 15.1. The molecule has 44 heavy (non-hydrogen) atoms. The van der Waals surface area contributed by atoms with Gasteiger partial charge in [0.15, 0.2) is 6.73 Å². The number of hydroxylamine groups is 3. The van der Waals surface area contributed by atoms with E-state index in [1.807, 2.05) is 84.4 Å². The zero-order valence-electron chi connectivity index (χ0n) is 30.0. The van der Waals surface area contributed by atoms with E-state index >= 15 is 0 Å². The van der Waals surface area contributed by atoms with E-state index in [-0.39, 0.29) is 37.2 Å². The van der Waals surface area contributed by atoms with Gasteiger partial charge < -0.3 is 29.1 Å². The fourth-order valence-corrected chi connectivity index (χ4v) is 7.44. The molecule has 0 saturated carbocycles. The number of hydrogen-bond acceptors (Lipinski definition) is 10. The topological polar surface area (TPSA) is 101 Å². The third-order valence-corrected chi connectivity index (χ3v) is 9.94. The molecule has 0 spiro atoms. The molecule has 5 rings (SSSR count). The molecule has 5 fully saturated rings. The highest BCUT2D eigenvalue weighted by molar-refractivity contribution is 8.15. The molecule has 5 saturated heterocycles. The number of thiocarbonyl (C=S) groups is 1. The second-order valence-electron chi connectivity index (χ2n) is 15.7. The zero-order chi connectivity index (χ0) is 34.5. The van der Waals surface area contributed by atoms with Crippen molar-refractivity contribution in [2.75, 3.05) is 80.6 Å². The number of nitrogens with one attached hydrogen (secondary N) is 1. The van der Waals surface area contributed by atoms with Crippen molar-refractivity contribution in [3.63, 3.8) is 0 Å². The third-order valence-electron chi connectivity index (χ3n) is 6.90. The monoisotopic (exact) mass is 680 g/mol. The van der Waals surface area contributed by atoms with E-state index in [2.05, 4.69) is 45.1 Å². The standard InChI is InChI=1S/C6H12N2O.C6H13NO2.2C6H11NOS.C6H13NS/c1-6(2)4-8(3)7-5(6)9;1-6(2)4-7(3,8)5-9-6;1-6(2)4-7(3)5(8)9-6;1-6(2)4-7(3)5(9)8-6;1-6(2)4-7(3)5-8-6/h4H2,1-3H3,(H,7,9);4-5H2,1-3H3;2*4H2,1-3H3;4-5H2,1-3H3. The van der Waals surface area contributed by atoms with Crippen LogP contribution in [0.5, 0.6) is 0 Å². The molecule has 5 aliphatic rings. The molecule has 1 unspecified atom stereocenters. The Bertz CT molecular complexity index is 958. The molecule has 5 aliphatic heterocycles. The number of hydrazine groups is 1. The highest BCUT2D eigenvalue weighted by atomic mass is 32.2. The zero-order valence-corrected chi connectivity index (χ0v) is 32.4. The molecular formula is C30H60N6O5S3. The summed E-state index contributed by atoms with van der Waals surface area (Å²) >= 11 is 8.35. The smallest absolute Gasteiger partial charge is 0.282 e. The number of likely N-dealkylation sites (N-methyl/N-ethyl adjacent to an activating group) is 2. The lowest BCUT2D eigenvalue weighted by atomic mass is 9.94. The SMILES string of the molecule is CC1(C)C[N+](C)([O-])CO1.CN1CC(C)(C)C(=O)N1.CN1CC(C)(C)OC1=S.CN1CC(C)(C)SC1=O.CN1CSC(C)(C)C1. The summed E-state index contributed by atoms with van der Waals surface area (Å²) in [4.78, 5) is 27.9. The summed E-state index contributed by atoms with van der Waals surface area (Å²) in [5, 5.41) is 13.7. The van der Waals surface area contributed by atoms with Crippen molar-refractivity contribution in [2.24, 2.45) is 5.41 Å². The molecule has 1 atom stereocenters. The van der Waals surface area contributed by atoms with Gasteiger partial charge in [0.05, 0.1) is 19.0 Å². The van der Waals surface area contributed by atoms with E-state index in [0.717, 1.165) is 19.6 Å². The molecule has 2 amide bonds.